The fraction of sp³-hybridized carbons (Fsp3) is 0.278. The van der Waals surface area contributed by atoms with Crippen LogP contribution < -0.4 is 9.80 Å². The van der Waals surface area contributed by atoms with Gasteiger partial charge in [0.1, 0.15) is 0 Å². The van der Waals surface area contributed by atoms with E-state index in [-0.39, 0.29) is 16.8 Å². The van der Waals surface area contributed by atoms with Crippen LogP contribution >= 0.6 is 0 Å². The van der Waals surface area contributed by atoms with Gasteiger partial charge in [-0.25, -0.2) is 0 Å². The highest BCUT2D eigenvalue weighted by molar-refractivity contribution is 7.91. The van der Waals surface area contributed by atoms with Gasteiger partial charge in [-0.3, -0.25) is 0 Å². The molecule has 27 heavy (non-hydrogen) atoms. The van der Waals surface area contributed by atoms with Crippen LogP contribution in [0.2, 0.25) is 0 Å². The second-order valence-corrected chi connectivity index (χ2v) is 7.84. The predicted octanol–water partition coefficient (Wildman–Crippen LogP) is 3.51. The number of hydrogen-bond acceptors (Lipinski definition) is 4. The fourth-order valence-corrected chi connectivity index (χ4v) is 2.83. The van der Waals surface area contributed by atoms with Crippen molar-refractivity contribution in [2.24, 2.45) is 4.40 Å². The Morgan fingerprint density at radius 3 is 1.37 bits per heavy atom. The summed E-state index contributed by atoms with van der Waals surface area (Å²) in [7, 11) is 1.59. The van der Waals surface area contributed by atoms with Crippen LogP contribution in [0.1, 0.15) is 11.1 Å². The van der Waals surface area contributed by atoms with Gasteiger partial charge < -0.3 is 9.80 Å². The van der Waals surface area contributed by atoms with Crippen LogP contribution in [-0.4, -0.2) is 47.8 Å². The van der Waals surface area contributed by atoms with Gasteiger partial charge in [-0.15, -0.1) is 0 Å². The van der Waals surface area contributed by atoms with Crippen LogP contribution in [0, 0.1) is 0 Å². The maximum Gasteiger partial charge on any atom is 0.518 e. The molecule has 0 heterocycles. The molecule has 0 unspecified atom stereocenters. The first kappa shape index (κ1) is 20.8. The van der Waals surface area contributed by atoms with Crippen LogP contribution in [0.5, 0.6) is 0 Å². The lowest BCUT2D eigenvalue weighted by Gasteiger charge is -2.15. The Morgan fingerprint density at radius 2 is 1.11 bits per heavy atom. The largest absolute Gasteiger partial charge is 0.518 e. The van der Waals surface area contributed by atoms with Crippen molar-refractivity contribution < 1.29 is 21.6 Å². The number of rotatable bonds is 5. The summed E-state index contributed by atoms with van der Waals surface area (Å²) >= 11 is 0. The normalized spacial score (nSPS) is 11.8. The second-order valence-electron chi connectivity index (χ2n) is 6.24. The second kappa shape index (κ2) is 7.59. The highest BCUT2D eigenvalue weighted by atomic mass is 32.2. The highest BCUT2D eigenvalue weighted by Crippen LogP contribution is 2.27. The summed E-state index contributed by atoms with van der Waals surface area (Å²) in [6.45, 7) is 0. The SMILES string of the molecule is CN(C)c1ccc(C(=NS(=O)(=O)C(F)(F)F)c2ccc(N(C)C)cc2)cc1. The van der Waals surface area contributed by atoms with Gasteiger partial charge in [-0.05, 0) is 24.3 Å². The first-order valence-corrected chi connectivity index (χ1v) is 9.33. The third-order valence-electron chi connectivity index (χ3n) is 3.82. The molecule has 0 saturated carbocycles. The smallest absolute Gasteiger partial charge is 0.378 e. The van der Waals surface area contributed by atoms with E-state index in [1.54, 1.807) is 48.5 Å². The molecule has 146 valence electrons. The summed E-state index contributed by atoms with van der Waals surface area (Å²) in [5.74, 6) is 0. The molecule has 0 aromatic heterocycles. The molecule has 0 aliphatic carbocycles. The van der Waals surface area contributed by atoms with Crippen molar-refractivity contribution in [1.29, 1.82) is 0 Å². The third-order valence-corrected chi connectivity index (χ3v) is 4.83. The molecule has 5 nitrogen and oxygen atoms in total. The van der Waals surface area contributed by atoms with E-state index in [9.17, 15) is 21.6 Å². The van der Waals surface area contributed by atoms with Gasteiger partial charge in [-0.1, -0.05) is 24.3 Å². The van der Waals surface area contributed by atoms with Crippen molar-refractivity contribution in [3.8, 4) is 0 Å². The molecule has 0 aliphatic heterocycles. The Bertz CT molecular complexity index is 864. The quantitative estimate of drug-likeness (QED) is 0.722. The molecule has 0 amide bonds. The Balaban J connectivity index is 2.62. The highest BCUT2D eigenvalue weighted by Gasteiger charge is 2.46. The number of alkyl halides is 3. The van der Waals surface area contributed by atoms with Crippen molar-refractivity contribution in [3.05, 3.63) is 59.7 Å². The van der Waals surface area contributed by atoms with Gasteiger partial charge in [0.2, 0.25) is 0 Å². The molecular formula is C18H20F3N3O2S. The lowest BCUT2D eigenvalue weighted by atomic mass is 10.0. The first-order chi connectivity index (χ1) is 12.4. The van der Waals surface area contributed by atoms with E-state index in [2.05, 4.69) is 4.40 Å². The van der Waals surface area contributed by atoms with Crippen LogP contribution in [0.15, 0.2) is 52.9 Å². The number of sulfonamides is 1. The zero-order valence-electron chi connectivity index (χ0n) is 15.3. The summed E-state index contributed by atoms with van der Waals surface area (Å²) in [6.07, 6.45) is 0. The van der Waals surface area contributed by atoms with Gasteiger partial charge in [0, 0.05) is 50.7 Å². The molecular weight excluding hydrogens is 379 g/mol. The van der Waals surface area contributed by atoms with Crippen molar-refractivity contribution in [3.63, 3.8) is 0 Å². The summed E-state index contributed by atoms with van der Waals surface area (Å²) in [5, 5.41) is 0. The summed E-state index contributed by atoms with van der Waals surface area (Å²) in [5.41, 5.74) is -3.55. The number of benzene rings is 2. The molecule has 0 bridgehead atoms. The van der Waals surface area contributed by atoms with Gasteiger partial charge in [0.15, 0.2) is 0 Å². The van der Waals surface area contributed by atoms with Crippen molar-refractivity contribution in [2.45, 2.75) is 5.51 Å². The molecule has 0 atom stereocenters. The van der Waals surface area contributed by atoms with Crippen molar-refractivity contribution >= 4 is 27.1 Å². The summed E-state index contributed by atoms with van der Waals surface area (Å²) in [6, 6.07) is 12.9. The monoisotopic (exact) mass is 399 g/mol. The topological polar surface area (TPSA) is 53.0 Å². The van der Waals surface area contributed by atoms with Crippen LogP contribution in [0.25, 0.3) is 0 Å². The Kier molecular flexibility index (Phi) is 5.84. The minimum Gasteiger partial charge on any atom is -0.378 e. The molecule has 0 saturated heterocycles. The molecule has 2 rings (SSSR count). The van der Waals surface area contributed by atoms with E-state index in [0.717, 1.165) is 11.4 Å². The zero-order valence-corrected chi connectivity index (χ0v) is 16.1. The maximum atomic E-state index is 12.9. The Hall–Kier alpha value is -2.55. The van der Waals surface area contributed by atoms with Crippen molar-refractivity contribution in [2.75, 3.05) is 38.0 Å². The summed E-state index contributed by atoms with van der Waals surface area (Å²) in [4.78, 5) is 3.64. The molecule has 0 N–H and O–H groups in total. The standard InChI is InChI=1S/C18H20F3N3O2S/c1-23(2)15-9-5-13(6-10-15)17(22-27(25,26)18(19,20)21)14-7-11-16(12-8-14)24(3)4/h5-12H,1-4H3. The number of halogens is 3. The lowest BCUT2D eigenvalue weighted by molar-refractivity contribution is -0.0435. The van der Waals surface area contributed by atoms with E-state index in [4.69, 9.17) is 0 Å². The van der Waals surface area contributed by atoms with Crippen LogP contribution in [0.3, 0.4) is 0 Å². The molecule has 2 aromatic rings. The molecule has 0 radical (unpaired) electrons. The molecule has 2 aromatic carbocycles. The first-order valence-electron chi connectivity index (χ1n) is 7.89. The van der Waals surface area contributed by atoms with Gasteiger partial charge in [0.25, 0.3) is 0 Å². The van der Waals surface area contributed by atoms with E-state index in [1.807, 2.05) is 38.0 Å². The minimum atomic E-state index is -5.68. The van der Waals surface area contributed by atoms with Gasteiger partial charge in [0.05, 0.1) is 5.71 Å². The average Bonchev–Trinajstić information content (AvgIpc) is 2.59. The van der Waals surface area contributed by atoms with E-state index >= 15 is 0 Å². The van der Waals surface area contributed by atoms with Crippen LogP contribution in [-0.2, 0) is 10.0 Å². The molecule has 0 aliphatic rings. The fourth-order valence-electron chi connectivity index (χ4n) is 2.28. The van der Waals surface area contributed by atoms with Gasteiger partial charge >= 0.3 is 15.5 Å². The molecule has 9 heteroatoms. The number of nitrogens with zero attached hydrogens (tertiary/aromatic N) is 3. The lowest BCUT2D eigenvalue weighted by Crippen LogP contribution is -2.23. The van der Waals surface area contributed by atoms with E-state index < -0.39 is 15.5 Å². The van der Waals surface area contributed by atoms with E-state index in [1.165, 1.54) is 0 Å². The van der Waals surface area contributed by atoms with Crippen molar-refractivity contribution in [1.82, 2.24) is 0 Å². The van der Waals surface area contributed by atoms with Gasteiger partial charge in [-0.2, -0.15) is 26.0 Å². The minimum absolute atomic E-state index is 0.261. The number of hydrogen-bond donors (Lipinski definition) is 0. The summed E-state index contributed by atoms with van der Waals surface area (Å²) < 4.78 is 64.9. The Morgan fingerprint density at radius 1 is 0.778 bits per heavy atom. The number of anilines is 2. The Labute approximate surface area is 156 Å². The molecule has 0 fully saturated rings. The predicted molar refractivity (Wildman–Crippen MR) is 102 cm³/mol. The average molecular weight is 399 g/mol. The third kappa shape index (κ3) is 4.79. The molecule has 0 spiro atoms. The zero-order chi connectivity index (χ0) is 20.4. The van der Waals surface area contributed by atoms with Crippen LogP contribution in [0.4, 0.5) is 24.5 Å². The maximum absolute atomic E-state index is 12.9. The van der Waals surface area contributed by atoms with E-state index in [0.29, 0.717) is 0 Å².